The average Bonchev–Trinajstić information content (AvgIpc) is 2.93. The number of aromatic nitrogens is 2. The summed E-state index contributed by atoms with van der Waals surface area (Å²) in [5.74, 6) is 1.46. The SMILES string of the molecule is Cc1nn(C)c(N2CCC(CCO)C2)c1C(N)=NO. The van der Waals surface area contributed by atoms with Gasteiger partial charge in [-0.2, -0.15) is 5.10 Å². The molecular weight excluding hydrogens is 246 g/mol. The zero-order valence-electron chi connectivity index (χ0n) is 11.4. The van der Waals surface area contributed by atoms with Crippen LogP contribution in [0.5, 0.6) is 0 Å². The maximum Gasteiger partial charge on any atom is 0.175 e. The largest absolute Gasteiger partial charge is 0.409 e. The van der Waals surface area contributed by atoms with Crippen LogP contribution in [-0.4, -0.2) is 45.6 Å². The third-order valence-corrected chi connectivity index (χ3v) is 3.68. The Kier molecular flexibility index (Phi) is 3.94. The summed E-state index contributed by atoms with van der Waals surface area (Å²) in [6.45, 7) is 3.83. The number of aryl methyl sites for hydroxylation is 2. The molecule has 0 aliphatic carbocycles. The van der Waals surface area contributed by atoms with Gasteiger partial charge in [0.15, 0.2) is 5.84 Å². The van der Waals surface area contributed by atoms with Gasteiger partial charge in [-0.1, -0.05) is 5.16 Å². The van der Waals surface area contributed by atoms with Crippen LogP contribution in [0.25, 0.3) is 0 Å². The normalized spacial score (nSPS) is 20.3. The first-order chi connectivity index (χ1) is 9.08. The van der Waals surface area contributed by atoms with Crippen LogP contribution in [0.4, 0.5) is 5.82 Å². The molecule has 1 saturated heterocycles. The predicted octanol–water partition coefficient (Wildman–Crippen LogP) is 0.0317. The van der Waals surface area contributed by atoms with Crippen LogP contribution in [0.2, 0.25) is 0 Å². The molecule has 1 aliphatic rings. The van der Waals surface area contributed by atoms with Gasteiger partial charge in [0.25, 0.3) is 0 Å². The molecule has 1 atom stereocenters. The molecule has 1 aromatic rings. The number of hydrogen-bond donors (Lipinski definition) is 3. The summed E-state index contributed by atoms with van der Waals surface area (Å²) in [6, 6.07) is 0. The van der Waals surface area contributed by atoms with E-state index in [0.29, 0.717) is 11.5 Å². The Morgan fingerprint density at radius 3 is 2.95 bits per heavy atom. The van der Waals surface area contributed by atoms with Crippen molar-refractivity contribution < 1.29 is 10.3 Å². The van der Waals surface area contributed by atoms with Crippen molar-refractivity contribution in [2.24, 2.45) is 23.9 Å². The lowest BCUT2D eigenvalue weighted by Crippen LogP contribution is -2.26. The van der Waals surface area contributed by atoms with Crippen LogP contribution in [0.15, 0.2) is 5.16 Å². The van der Waals surface area contributed by atoms with E-state index < -0.39 is 0 Å². The van der Waals surface area contributed by atoms with Gasteiger partial charge in [0.05, 0.1) is 11.3 Å². The molecule has 2 rings (SSSR count). The topological polar surface area (TPSA) is 99.9 Å². The van der Waals surface area contributed by atoms with Crippen molar-refractivity contribution in [3.8, 4) is 0 Å². The molecule has 7 heteroatoms. The lowest BCUT2D eigenvalue weighted by Gasteiger charge is -2.20. The predicted molar refractivity (Wildman–Crippen MR) is 72.5 cm³/mol. The van der Waals surface area contributed by atoms with Crippen LogP contribution in [0.3, 0.4) is 0 Å². The van der Waals surface area contributed by atoms with Gasteiger partial charge in [0.1, 0.15) is 5.82 Å². The number of hydrogen-bond acceptors (Lipinski definition) is 5. The maximum absolute atomic E-state index is 9.01. The number of amidine groups is 1. The highest BCUT2D eigenvalue weighted by Crippen LogP contribution is 2.29. The summed E-state index contributed by atoms with van der Waals surface area (Å²) in [7, 11) is 1.86. The highest BCUT2D eigenvalue weighted by molar-refractivity contribution is 6.02. The van der Waals surface area contributed by atoms with Gasteiger partial charge >= 0.3 is 0 Å². The van der Waals surface area contributed by atoms with Gasteiger partial charge in [-0.3, -0.25) is 4.68 Å². The summed E-state index contributed by atoms with van der Waals surface area (Å²) in [5.41, 5.74) is 7.19. The number of aliphatic hydroxyl groups is 1. The van der Waals surface area contributed by atoms with Crippen molar-refractivity contribution in [1.29, 1.82) is 0 Å². The summed E-state index contributed by atoms with van der Waals surface area (Å²) in [4.78, 5) is 2.19. The first-order valence-corrected chi connectivity index (χ1v) is 6.45. The van der Waals surface area contributed by atoms with E-state index in [4.69, 9.17) is 16.0 Å². The third kappa shape index (κ3) is 2.51. The van der Waals surface area contributed by atoms with Crippen LogP contribution in [0, 0.1) is 12.8 Å². The summed E-state index contributed by atoms with van der Waals surface area (Å²) in [5, 5.41) is 25.4. The standard InChI is InChI=1S/C12H21N5O2/c1-8-10(11(13)15-19)12(16(2)14-8)17-5-3-9(7-17)4-6-18/h9,18-19H,3-7H2,1-2H3,(H2,13,15). The quantitative estimate of drug-likeness (QED) is 0.309. The molecule has 0 amide bonds. The lowest BCUT2D eigenvalue weighted by atomic mass is 10.1. The number of rotatable bonds is 4. The van der Waals surface area contributed by atoms with Crippen LogP contribution < -0.4 is 10.6 Å². The van der Waals surface area contributed by atoms with E-state index in [2.05, 4.69) is 15.2 Å². The van der Waals surface area contributed by atoms with Gasteiger partial charge in [-0.05, 0) is 25.7 Å². The molecule has 1 aromatic heterocycles. The Morgan fingerprint density at radius 2 is 2.32 bits per heavy atom. The summed E-state index contributed by atoms with van der Waals surface area (Å²) < 4.78 is 1.77. The highest BCUT2D eigenvalue weighted by atomic mass is 16.4. The van der Waals surface area contributed by atoms with E-state index in [9.17, 15) is 0 Å². The van der Waals surface area contributed by atoms with Crippen molar-refractivity contribution in [3.05, 3.63) is 11.3 Å². The highest BCUT2D eigenvalue weighted by Gasteiger charge is 2.28. The summed E-state index contributed by atoms with van der Waals surface area (Å²) in [6.07, 6.45) is 1.85. The second-order valence-corrected chi connectivity index (χ2v) is 5.01. The van der Waals surface area contributed by atoms with E-state index in [1.165, 1.54) is 0 Å². The fourth-order valence-electron chi connectivity index (χ4n) is 2.80. The molecule has 7 nitrogen and oxygen atoms in total. The van der Waals surface area contributed by atoms with Crippen LogP contribution >= 0.6 is 0 Å². The molecule has 0 saturated carbocycles. The molecule has 1 fully saturated rings. The van der Waals surface area contributed by atoms with Gasteiger partial charge in [-0.15, -0.1) is 0 Å². The van der Waals surface area contributed by atoms with Crippen molar-refractivity contribution in [2.45, 2.75) is 19.8 Å². The molecule has 0 radical (unpaired) electrons. The summed E-state index contributed by atoms with van der Waals surface area (Å²) >= 11 is 0. The minimum Gasteiger partial charge on any atom is -0.409 e. The van der Waals surface area contributed by atoms with E-state index >= 15 is 0 Å². The Morgan fingerprint density at radius 1 is 1.58 bits per heavy atom. The third-order valence-electron chi connectivity index (χ3n) is 3.68. The fourth-order valence-corrected chi connectivity index (χ4v) is 2.80. The maximum atomic E-state index is 9.01. The van der Waals surface area contributed by atoms with Gasteiger partial charge in [0, 0.05) is 26.7 Å². The fraction of sp³-hybridized carbons (Fsp3) is 0.667. The number of nitrogens with zero attached hydrogens (tertiary/aromatic N) is 4. The van der Waals surface area contributed by atoms with Crippen LogP contribution in [0.1, 0.15) is 24.1 Å². The second-order valence-electron chi connectivity index (χ2n) is 5.01. The van der Waals surface area contributed by atoms with Crippen molar-refractivity contribution in [2.75, 3.05) is 24.6 Å². The van der Waals surface area contributed by atoms with E-state index in [0.717, 1.165) is 37.4 Å². The van der Waals surface area contributed by atoms with E-state index in [-0.39, 0.29) is 12.4 Å². The van der Waals surface area contributed by atoms with Crippen LogP contribution in [-0.2, 0) is 7.05 Å². The first kappa shape index (κ1) is 13.7. The molecule has 0 spiro atoms. The molecule has 19 heavy (non-hydrogen) atoms. The smallest absolute Gasteiger partial charge is 0.175 e. The average molecular weight is 267 g/mol. The molecule has 1 aliphatic heterocycles. The zero-order valence-corrected chi connectivity index (χ0v) is 11.4. The Hall–Kier alpha value is -1.76. The Labute approximate surface area is 112 Å². The number of nitrogens with two attached hydrogens (primary N) is 1. The zero-order chi connectivity index (χ0) is 14.0. The molecule has 1 unspecified atom stereocenters. The number of aliphatic hydroxyl groups excluding tert-OH is 1. The first-order valence-electron chi connectivity index (χ1n) is 6.45. The van der Waals surface area contributed by atoms with E-state index in [1.807, 2.05) is 14.0 Å². The molecule has 0 bridgehead atoms. The van der Waals surface area contributed by atoms with Gasteiger partial charge in [-0.25, -0.2) is 0 Å². The van der Waals surface area contributed by atoms with Gasteiger partial charge < -0.3 is 20.9 Å². The molecule has 0 aromatic carbocycles. The Balaban J connectivity index is 2.30. The molecular formula is C12H21N5O2. The van der Waals surface area contributed by atoms with E-state index in [1.54, 1.807) is 4.68 Å². The minimum absolute atomic E-state index is 0.0891. The number of oxime groups is 1. The second kappa shape index (κ2) is 5.48. The lowest BCUT2D eigenvalue weighted by molar-refractivity contribution is 0.263. The molecule has 106 valence electrons. The monoisotopic (exact) mass is 267 g/mol. The minimum atomic E-state index is 0.0891. The molecule has 4 N–H and O–H groups in total. The van der Waals surface area contributed by atoms with Crippen molar-refractivity contribution >= 4 is 11.7 Å². The Bertz CT molecular complexity index is 483. The van der Waals surface area contributed by atoms with Gasteiger partial charge in [0.2, 0.25) is 0 Å². The molecule has 2 heterocycles. The van der Waals surface area contributed by atoms with Crippen molar-refractivity contribution in [3.63, 3.8) is 0 Å². The van der Waals surface area contributed by atoms with Crippen molar-refractivity contribution in [1.82, 2.24) is 9.78 Å². The number of anilines is 1.